The fourth-order valence-corrected chi connectivity index (χ4v) is 2.36. The predicted octanol–water partition coefficient (Wildman–Crippen LogP) is 2.74. The Bertz CT molecular complexity index is 629. The summed E-state index contributed by atoms with van der Waals surface area (Å²) < 4.78 is 13.3. The molecule has 1 amide bonds. The Morgan fingerprint density at radius 3 is 2.95 bits per heavy atom. The maximum atomic E-state index is 13.3. The molecule has 7 heteroatoms. The maximum absolute atomic E-state index is 13.3. The second-order valence-electron chi connectivity index (χ2n) is 4.52. The second-order valence-corrected chi connectivity index (χ2v) is 5.58. The van der Waals surface area contributed by atoms with Crippen molar-refractivity contribution in [2.75, 3.05) is 11.9 Å². The first-order valence-electron chi connectivity index (χ1n) is 6.68. The summed E-state index contributed by atoms with van der Waals surface area (Å²) in [6.07, 6.45) is 1.98. The van der Waals surface area contributed by atoms with E-state index >= 15 is 0 Å². The molecule has 5 nitrogen and oxygen atoms in total. The fraction of sp³-hybridized carbons (Fsp3) is 0.357. The molecule has 0 spiro atoms. The number of carbonyl (C=O) groups is 1. The van der Waals surface area contributed by atoms with Crippen LogP contribution in [-0.4, -0.2) is 22.4 Å². The Morgan fingerprint density at radius 1 is 1.48 bits per heavy atom. The first-order chi connectivity index (χ1) is 10.1. The second kappa shape index (κ2) is 7.12. The number of aryl methyl sites for hydroxylation is 1. The lowest BCUT2D eigenvalue weighted by atomic mass is 10.2. The van der Waals surface area contributed by atoms with Crippen LogP contribution in [0.3, 0.4) is 0 Å². The molecule has 2 N–H and O–H groups in total. The quantitative estimate of drug-likeness (QED) is 0.861. The Kier molecular flexibility index (Phi) is 5.21. The van der Waals surface area contributed by atoms with Gasteiger partial charge >= 0.3 is 0 Å². The van der Waals surface area contributed by atoms with Crippen LogP contribution in [0.5, 0.6) is 0 Å². The smallest absolute Gasteiger partial charge is 0.255 e. The van der Waals surface area contributed by atoms with Crippen LogP contribution >= 0.6 is 11.3 Å². The van der Waals surface area contributed by atoms with Crippen molar-refractivity contribution in [1.82, 2.24) is 15.3 Å². The lowest BCUT2D eigenvalue weighted by molar-refractivity contribution is 0.0950. The SMILES string of the molecule is CCCNc1ncc(F)cc1C(=O)NCc1csc(C)n1. The number of amides is 1. The number of hydrogen-bond acceptors (Lipinski definition) is 5. The van der Waals surface area contributed by atoms with Crippen molar-refractivity contribution in [3.63, 3.8) is 0 Å². The average Bonchev–Trinajstić information content (AvgIpc) is 2.89. The molecule has 0 saturated carbocycles. The highest BCUT2D eigenvalue weighted by Gasteiger charge is 2.14. The van der Waals surface area contributed by atoms with Gasteiger partial charge in [0.1, 0.15) is 11.6 Å². The molecule has 0 radical (unpaired) electrons. The number of pyridine rings is 1. The van der Waals surface area contributed by atoms with Gasteiger partial charge in [0.25, 0.3) is 5.91 Å². The molecule has 0 aliphatic rings. The van der Waals surface area contributed by atoms with E-state index in [1.807, 2.05) is 19.2 Å². The number of carbonyl (C=O) groups excluding carboxylic acids is 1. The third-order valence-corrected chi connectivity index (χ3v) is 3.56. The molecule has 0 aliphatic carbocycles. The number of nitrogens with one attached hydrogen (secondary N) is 2. The van der Waals surface area contributed by atoms with E-state index in [-0.39, 0.29) is 11.5 Å². The van der Waals surface area contributed by atoms with Gasteiger partial charge in [0, 0.05) is 11.9 Å². The molecular weight excluding hydrogens is 291 g/mol. The number of halogens is 1. The van der Waals surface area contributed by atoms with Crippen LogP contribution in [0.4, 0.5) is 10.2 Å². The number of anilines is 1. The molecule has 2 heterocycles. The number of nitrogens with zero attached hydrogens (tertiary/aromatic N) is 2. The third-order valence-electron chi connectivity index (χ3n) is 2.74. The molecule has 2 rings (SSSR count). The average molecular weight is 308 g/mol. The van der Waals surface area contributed by atoms with Gasteiger partial charge in [-0.15, -0.1) is 11.3 Å². The van der Waals surface area contributed by atoms with Crippen molar-refractivity contribution in [3.8, 4) is 0 Å². The molecule has 0 bridgehead atoms. The summed E-state index contributed by atoms with van der Waals surface area (Å²) in [7, 11) is 0. The molecular formula is C14H17FN4OS. The number of aromatic nitrogens is 2. The summed E-state index contributed by atoms with van der Waals surface area (Å²) in [5.41, 5.74) is 0.994. The maximum Gasteiger partial charge on any atom is 0.255 e. The Hall–Kier alpha value is -2.02. The van der Waals surface area contributed by atoms with Gasteiger partial charge in [0.05, 0.1) is 29.0 Å². The van der Waals surface area contributed by atoms with Gasteiger partial charge in [-0.1, -0.05) is 6.92 Å². The zero-order valence-electron chi connectivity index (χ0n) is 11.9. The molecule has 0 aromatic carbocycles. The van der Waals surface area contributed by atoms with E-state index in [0.717, 1.165) is 23.3 Å². The van der Waals surface area contributed by atoms with Crippen LogP contribution in [0.2, 0.25) is 0 Å². The van der Waals surface area contributed by atoms with E-state index in [1.165, 1.54) is 17.4 Å². The van der Waals surface area contributed by atoms with Crippen LogP contribution < -0.4 is 10.6 Å². The molecule has 0 aliphatic heterocycles. The summed E-state index contributed by atoms with van der Waals surface area (Å²) in [6.45, 7) is 4.89. The lowest BCUT2D eigenvalue weighted by Crippen LogP contribution is -2.25. The van der Waals surface area contributed by atoms with Gasteiger partial charge in [-0.25, -0.2) is 14.4 Å². The topological polar surface area (TPSA) is 66.9 Å². The van der Waals surface area contributed by atoms with Crippen molar-refractivity contribution in [2.24, 2.45) is 0 Å². The minimum atomic E-state index is -0.535. The van der Waals surface area contributed by atoms with E-state index in [1.54, 1.807) is 0 Å². The third kappa shape index (κ3) is 4.22. The summed E-state index contributed by atoms with van der Waals surface area (Å²) >= 11 is 1.52. The molecule has 2 aromatic rings. The minimum Gasteiger partial charge on any atom is -0.369 e. The zero-order valence-corrected chi connectivity index (χ0v) is 12.8. The van der Waals surface area contributed by atoms with Crippen LogP contribution in [0.1, 0.15) is 34.4 Å². The lowest BCUT2D eigenvalue weighted by Gasteiger charge is -2.10. The molecule has 21 heavy (non-hydrogen) atoms. The van der Waals surface area contributed by atoms with Gasteiger partial charge in [0.2, 0.25) is 0 Å². The van der Waals surface area contributed by atoms with E-state index in [9.17, 15) is 9.18 Å². The van der Waals surface area contributed by atoms with Crippen molar-refractivity contribution in [2.45, 2.75) is 26.8 Å². The first-order valence-corrected chi connectivity index (χ1v) is 7.56. The number of hydrogen-bond donors (Lipinski definition) is 2. The summed E-state index contributed by atoms with van der Waals surface area (Å²) in [4.78, 5) is 20.4. The van der Waals surface area contributed by atoms with Gasteiger partial charge in [-0.05, 0) is 19.4 Å². The van der Waals surface area contributed by atoms with E-state index in [0.29, 0.717) is 18.9 Å². The summed E-state index contributed by atoms with van der Waals surface area (Å²) in [5.74, 6) is -0.511. The monoisotopic (exact) mass is 308 g/mol. The largest absolute Gasteiger partial charge is 0.369 e. The molecule has 0 saturated heterocycles. The predicted molar refractivity (Wildman–Crippen MR) is 81.0 cm³/mol. The van der Waals surface area contributed by atoms with Crippen molar-refractivity contribution in [3.05, 3.63) is 39.7 Å². The van der Waals surface area contributed by atoms with Crippen LogP contribution in [0.15, 0.2) is 17.6 Å². The minimum absolute atomic E-state index is 0.204. The molecule has 2 aromatic heterocycles. The molecule has 0 unspecified atom stereocenters. The number of thiazole rings is 1. The molecule has 0 atom stereocenters. The Labute approximate surface area is 126 Å². The van der Waals surface area contributed by atoms with Gasteiger partial charge < -0.3 is 10.6 Å². The Balaban J connectivity index is 2.08. The highest BCUT2D eigenvalue weighted by atomic mass is 32.1. The highest BCUT2D eigenvalue weighted by molar-refractivity contribution is 7.09. The highest BCUT2D eigenvalue weighted by Crippen LogP contribution is 2.14. The van der Waals surface area contributed by atoms with Crippen LogP contribution in [-0.2, 0) is 6.54 Å². The zero-order chi connectivity index (χ0) is 15.2. The summed E-state index contributed by atoms with van der Waals surface area (Å²) in [6, 6.07) is 1.19. The molecule has 0 fully saturated rings. The fourth-order valence-electron chi connectivity index (χ4n) is 1.75. The number of rotatable bonds is 6. The van der Waals surface area contributed by atoms with Gasteiger partial charge in [-0.3, -0.25) is 4.79 Å². The Morgan fingerprint density at radius 2 is 2.29 bits per heavy atom. The van der Waals surface area contributed by atoms with Gasteiger partial charge in [0.15, 0.2) is 0 Å². The van der Waals surface area contributed by atoms with E-state index in [2.05, 4.69) is 20.6 Å². The van der Waals surface area contributed by atoms with E-state index < -0.39 is 5.82 Å². The van der Waals surface area contributed by atoms with E-state index in [4.69, 9.17) is 0 Å². The van der Waals surface area contributed by atoms with Crippen LogP contribution in [0.25, 0.3) is 0 Å². The van der Waals surface area contributed by atoms with Crippen LogP contribution in [0, 0.1) is 12.7 Å². The first kappa shape index (κ1) is 15.4. The van der Waals surface area contributed by atoms with Crippen molar-refractivity contribution < 1.29 is 9.18 Å². The normalized spacial score (nSPS) is 10.4. The van der Waals surface area contributed by atoms with Gasteiger partial charge in [-0.2, -0.15) is 0 Å². The standard InChI is InChI=1S/C14H17FN4OS/c1-3-4-16-13-12(5-10(15)6-17-13)14(20)18-7-11-8-21-9(2)19-11/h5-6,8H,3-4,7H2,1-2H3,(H,16,17)(H,18,20). The molecule has 112 valence electrons. The summed E-state index contributed by atoms with van der Waals surface area (Å²) in [5, 5.41) is 8.58. The van der Waals surface area contributed by atoms with Crippen molar-refractivity contribution in [1.29, 1.82) is 0 Å². The van der Waals surface area contributed by atoms with Crippen molar-refractivity contribution >= 4 is 23.1 Å².